The molecule has 0 atom stereocenters. The summed E-state index contributed by atoms with van der Waals surface area (Å²) < 4.78 is 8.78. The van der Waals surface area contributed by atoms with Crippen LogP contribution in [0.15, 0.2) is 41.8 Å². The first kappa shape index (κ1) is 21.9. The second-order valence-electron chi connectivity index (χ2n) is 9.96. The van der Waals surface area contributed by atoms with E-state index in [1.807, 2.05) is 35.9 Å². The first-order valence-electron chi connectivity index (χ1n) is 10.9. The Hall–Kier alpha value is -2.31. The summed E-state index contributed by atoms with van der Waals surface area (Å²) >= 11 is 1.68. The van der Waals surface area contributed by atoms with Crippen LogP contribution in [-0.4, -0.2) is 39.6 Å². The topological polar surface area (TPSA) is 46.5 Å². The zero-order chi connectivity index (χ0) is 22.4. The Bertz CT molecular complexity index is 1080. The molecular weight excluding hydrogens is 406 g/mol. The van der Waals surface area contributed by atoms with E-state index in [9.17, 15) is 4.79 Å². The Morgan fingerprint density at radius 2 is 1.87 bits per heavy atom. The van der Waals surface area contributed by atoms with Crippen molar-refractivity contribution in [1.82, 2.24) is 14.8 Å². The van der Waals surface area contributed by atoms with Gasteiger partial charge < -0.3 is 19.5 Å². The summed E-state index contributed by atoms with van der Waals surface area (Å²) in [7, 11) is 3.67. The Morgan fingerprint density at radius 3 is 2.52 bits per heavy atom. The molecule has 1 aromatic carbocycles. The standard InChI is InChI=1S/C25H33N3O2S/c1-24(2)14-18(15-25(3,4)26-24)28(16-17-9-7-8-10-21(17)30-6)23(29)20-13-22-19(27(20)5)11-12-31-22/h7-13,18,26H,14-16H2,1-6H3. The Kier molecular flexibility index (Phi) is 5.64. The van der Waals surface area contributed by atoms with Crippen molar-refractivity contribution < 1.29 is 9.53 Å². The average molecular weight is 440 g/mol. The molecule has 3 aromatic rings. The summed E-state index contributed by atoms with van der Waals surface area (Å²) in [4.78, 5) is 16.1. The van der Waals surface area contributed by atoms with Gasteiger partial charge in [-0.1, -0.05) is 18.2 Å². The largest absolute Gasteiger partial charge is 0.496 e. The van der Waals surface area contributed by atoms with Crippen molar-refractivity contribution in [3.8, 4) is 5.75 Å². The van der Waals surface area contributed by atoms with Crippen molar-refractivity contribution in [1.29, 1.82) is 0 Å². The van der Waals surface area contributed by atoms with E-state index in [0.29, 0.717) is 6.54 Å². The third-order valence-electron chi connectivity index (χ3n) is 6.29. The number of carbonyl (C=O) groups excluding carboxylic acids is 1. The summed E-state index contributed by atoms with van der Waals surface area (Å²) in [5.74, 6) is 0.899. The number of carbonyl (C=O) groups is 1. The number of amides is 1. The molecule has 0 saturated carbocycles. The van der Waals surface area contributed by atoms with Crippen LogP contribution in [0.5, 0.6) is 5.75 Å². The average Bonchev–Trinajstić information content (AvgIpc) is 3.26. The van der Waals surface area contributed by atoms with Crippen LogP contribution in [0.3, 0.4) is 0 Å². The van der Waals surface area contributed by atoms with Crippen LogP contribution in [0, 0.1) is 0 Å². The second kappa shape index (κ2) is 7.99. The minimum absolute atomic E-state index is 0.0553. The molecule has 0 bridgehead atoms. The lowest BCUT2D eigenvalue weighted by molar-refractivity contribution is 0.0410. The molecule has 2 aromatic heterocycles. The van der Waals surface area contributed by atoms with E-state index < -0.39 is 0 Å². The zero-order valence-electron chi connectivity index (χ0n) is 19.4. The van der Waals surface area contributed by atoms with Crippen molar-refractivity contribution in [2.75, 3.05) is 7.11 Å². The minimum atomic E-state index is -0.0553. The number of nitrogens with zero attached hydrogens (tertiary/aromatic N) is 2. The van der Waals surface area contributed by atoms with E-state index in [-0.39, 0.29) is 23.0 Å². The highest BCUT2D eigenvalue weighted by Gasteiger charge is 2.42. The van der Waals surface area contributed by atoms with Crippen LogP contribution >= 0.6 is 11.3 Å². The summed E-state index contributed by atoms with van der Waals surface area (Å²) in [6, 6.07) is 12.2. The first-order valence-corrected chi connectivity index (χ1v) is 11.7. The molecule has 0 radical (unpaired) electrons. The summed E-state index contributed by atoms with van der Waals surface area (Å²) in [6.45, 7) is 9.44. The number of fused-ring (bicyclic) bond motifs is 1. The lowest BCUT2D eigenvalue weighted by atomic mass is 9.78. The predicted molar refractivity (Wildman–Crippen MR) is 128 cm³/mol. The first-order chi connectivity index (χ1) is 14.6. The summed E-state index contributed by atoms with van der Waals surface area (Å²) in [5.41, 5.74) is 2.77. The highest BCUT2D eigenvalue weighted by molar-refractivity contribution is 7.17. The Balaban J connectivity index is 1.75. The number of rotatable bonds is 5. The molecular formula is C25H33N3O2S. The number of piperidine rings is 1. The lowest BCUT2D eigenvalue weighted by Crippen LogP contribution is -2.62. The second-order valence-corrected chi connectivity index (χ2v) is 10.9. The quantitative estimate of drug-likeness (QED) is 0.594. The van der Waals surface area contributed by atoms with Crippen LogP contribution < -0.4 is 10.1 Å². The third kappa shape index (κ3) is 4.37. The van der Waals surface area contributed by atoms with Gasteiger partial charge in [0.1, 0.15) is 11.4 Å². The molecule has 3 heterocycles. The van der Waals surface area contributed by atoms with Gasteiger partial charge in [0, 0.05) is 36.3 Å². The van der Waals surface area contributed by atoms with Crippen LogP contribution in [0.4, 0.5) is 0 Å². The van der Waals surface area contributed by atoms with E-state index in [4.69, 9.17) is 4.74 Å². The highest BCUT2D eigenvalue weighted by atomic mass is 32.1. The van der Waals surface area contributed by atoms with E-state index >= 15 is 0 Å². The van der Waals surface area contributed by atoms with Crippen molar-refractivity contribution in [3.05, 3.63) is 53.0 Å². The van der Waals surface area contributed by atoms with Crippen molar-refractivity contribution in [2.45, 2.75) is 64.2 Å². The fourth-order valence-electron chi connectivity index (χ4n) is 5.28. The minimum Gasteiger partial charge on any atom is -0.496 e. The maximum Gasteiger partial charge on any atom is 0.271 e. The molecule has 31 heavy (non-hydrogen) atoms. The molecule has 0 aliphatic carbocycles. The molecule has 1 aliphatic rings. The zero-order valence-corrected chi connectivity index (χ0v) is 20.2. The Morgan fingerprint density at radius 1 is 1.19 bits per heavy atom. The molecule has 4 rings (SSSR count). The normalized spacial score (nSPS) is 18.3. The number of thiophene rings is 1. The molecule has 6 heteroatoms. The number of ether oxygens (including phenoxy) is 1. The number of methoxy groups -OCH3 is 1. The van der Waals surface area contributed by atoms with Crippen molar-refractivity contribution in [3.63, 3.8) is 0 Å². The van der Waals surface area contributed by atoms with Crippen LogP contribution in [0.1, 0.15) is 56.6 Å². The molecule has 1 saturated heterocycles. The molecule has 1 fully saturated rings. The van der Waals surface area contributed by atoms with Crippen molar-refractivity contribution in [2.24, 2.45) is 7.05 Å². The number of benzene rings is 1. The number of aryl methyl sites for hydroxylation is 1. The fourth-order valence-corrected chi connectivity index (χ4v) is 6.12. The van der Waals surface area contributed by atoms with Crippen molar-refractivity contribution >= 4 is 27.5 Å². The molecule has 1 N–H and O–H groups in total. The predicted octanol–water partition coefficient (Wildman–Crippen LogP) is 5.20. The molecule has 0 unspecified atom stereocenters. The van der Waals surface area contributed by atoms with Crippen LogP contribution in [0.25, 0.3) is 10.2 Å². The molecule has 166 valence electrons. The fraction of sp³-hybridized carbons (Fsp3) is 0.480. The number of para-hydroxylation sites is 1. The van der Waals surface area contributed by atoms with E-state index in [1.165, 1.54) is 0 Å². The highest BCUT2D eigenvalue weighted by Crippen LogP contribution is 2.35. The van der Waals surface area contributed by atoms with Gasteiger partial charge in [-0.2, -0.15) is 0 Å². The lowest BCUT2D eigenvalue weighted by Gasteiger charge is -2.49. The number of aromatic nitrogens is 1. The van der Waals surface area contributed by atoms with E-state index in [2.05, 4.69) is 55.4 Å². The van der Waals surface area contributed by atoms with E-state index in [0.717, 1.165) is 40.1 Å². The maximum atomic E-state index is 14.0. The van der Waals surface area contributed by atoms with E-state index in [1.54, 1.807) is 18.4 Å². The van der Waals surface area contributed by atoms with Gasteiger partial charge in [-0.05, 0) is 64.1 Å². The van der Waals surface area contributed by atoms with Crippen LogP contribution in [-0.2, 0) is 13.6 Å². The van der Waals surface area contributed by atoms with Gasteiger partial charge in [0.2, 0.25) is 0 Å². The number of hydrogen-bond donors (Lipinski definition) is 1. The number of hydrogen-bond acceptors (Lipinski definition) is 4. The molecule has 1 aliphatic heterocycles. The van der Waals surface area contributed by atoms with Gasteiger partial charge in [0.05, 0.1) is 17.3 Å². The SMILES string of the molecule is COc1ccccc1CN(C(=O)c1cc2sccc2n1C)C1CC(C)(C)NC(C)(C)C1. The number of nitrogens with one attached hydrogen (secondary N) is 1. The van der Waals surface area contributed by atoms with Gasteiger partial charge in [0.15, 0.2) is 0 Å². The maximum absolute atomic E-state index is 14.0. The van der Waals surface area contributed by atoms with Gasteiger partial charge in [-0.25, -0.2) is 0 Å². The summed E-state index contributed by atoms with van der Waals surface area (Å²) in [5, 5.41) is 5.82. The molecule has 5 nitrogen and oxygen atoms in total. The third-order valence-corrected chi connectivity index (χ3v) is 7.14. The molecule has 1 amide bonds. The van der Waals surface area contributed by atoms with Crippen LogP contribution in [0.2, 0.25) is 0 Å². The van der Waals surface area contributed by atoms with Gasteiger partial charge >= 0.3 is 0 Å². The summed E-state index contributed by atoms with van der Waals surface area (Å²) in [6.07, 6.45) is 1.80. The smallest absolute Gasteiger partial charge is 0.271 e. The van der Waals surface area contributed by atoms with Gasteiger partial charge in [0.25, 0.3) is 5.91 Å². The monoisotopic (exact) mass is 439 g/mol. The molecule has 0 spiro atoms. The van der Waals surface area contributed by atoms with Gasteiger partial charge in [-0.15, -0.1) is 11.3 Å². The van der Waals surface area contributed by atoms with Gasteiger partial charge in [-0.3, -0.25) is 4.79 Å². The Labute approximate surface area is 189 Å².